The minimum absolute atomic E-state index is 0.0470. The van der Waals surface area contributed by atoms with Crippen molar-refractivity contribution >= 4 is 45.8 Å². The predicted molar refractivity (Wildman–Crippen MR) is 106 cm³/mol. The maximum atomic E-state index is 14.2. The van der Waals surface area contributed by atoms with Crippen LogP contribution in [0.2, 0.25) is 0 Å². The number of rotatable bonds is 3. The zero-order valence-electron chi connectivity index (χ0n) is 15.3. The third kappa shape index (κ3) is 6.22. The summed E-state index contributed by atoms with van der Waals surface area (Å²) in [5, 5.41) is 9.63. The summed E-state index contributed by atoms with van der Waals surface area (Å²) in [4.78, 5) is 22.8. The van der Waals surface area contributed by atoms with Crippen molar-refractivity contribution in [3.63, 3.8) is 0 Å². The molecule has 4 N–H and O–H groups in total. The number of nitrogens with zero attached hydrogens (tertiary/aromatic N) is 1. The van der Waals surface area contributed by atoms with Gasteiger partial charge >= 0.3 is 12.1 Å². The molecule has 1 heterocycles. The Balaban J connectivity index is 0.000000423. The maximum absolute atomic E-state index is 14.2. The minimum atomic E-state index is -5.08. The fourth-order valence-electron chi connectivity index (χ4n) is 2.43. The fraction of sp³-hybridized carbons (Fsp3) is 0.222. The number of likely N-dealkylation sites (tertiary alicyclic amines) is 1. The van der Waals surface area contributed by atoms with Crippen molar-refractivity contribution in [3.05, 3.63) is 56.9 Å². The highest BCUT2D eigenvalue weighted by molar-refractivity contribution is 14.1. The number of carbonyl (C=O) groups is 2. The Bertz CT molecular complexity index is 996. The number of nitrogens with two attached hydrogens (primary N) is 1. The van der Waals surface area contributed by atoms with Crippen molar-refractivity contribution in [1.82, 2.24) is 4.90 Å². The van der Waals surface area contributed by atoms with E-state index in [-0.39, 0.29) is 23.0 Å². The molecule has 2 aromatic rings. The summed E-state index contributed by atoms with van der Waals surface area (Å²) in [7, 11) is 0. The average molecular weight is 561 g/mol. The summed E-state index contributed by atoms with van der Waals surface area (Å²) in [6, 6.07) is 6.18. The summed E-state index contributed by atoms with van der Waals surface area (Å²) in [5.41, 5.74) is 5.13. The lowest BCUT2D eigenvalue weighted by atomic mass is 10.1. The van der Waals surface area contributed by atoms with Crippen molar-refractivity contribution < 1.29 is 41.0 Å². The second-order valence-electron chi connectivity index (χ2n) is 6.31. The standard InChI is InChI=1S/C16H13F3IN3O.C2HF3O2/c17-11-3-2-10(16(24)23-6-9(21)7-23)15(14(11)19)22-13-4-1-8(20)5-12(13)18;3-2(4,5)1(6)7/h1-5,9,22H,6-7,21H2;(H,6,7). The SMILES string of the molecule is NC1CN(C(=O)c2ccc(F)c(F)c2Nc2ccc(I)cc2F)C1.O=C(O)C(F)(F)F. The molecular weight excluding hydrogens is 547 g/mol. The third-order valence-electron chi connectivity index (χ3n) is 3.96. The number of halogens is 7. The van der Waals surface area contributed by atoms with Crippen LogP contribution in [0, 0.1) is 21.0 Å². The Labute approximate surface area is 185 Å². The monoisotopic (exact) mass is 561 g/mol. The quantitative estimate of drug-likeness (QED) is 0.391. The van der Waals surface area contributed by atoms with Crippen LogP contribution in [0.15, 0.2) is 30.3 Å². The minimum Gasteiger partial charge on any atom is -0.475 e. The number of carboxylic acid groups (broad SMARTS) is 1. The zero-order valence-corrected chi connectivity index (χ0v) is 17.5. The summed E-state index contributed by atoms with van der Waals surface area (Å²) in [6.45, 7) is 0.685. The number of carbonyl (C=O) groups excluding carboxylic acids is 1. The van der Waals surface area contributed by atoms with Crippen LogP contribution in [0.4, 0.5) is 37.7 Å². The van der Waals surface area contributed by atoms with Crippen molar-refractivity contribution in [2.75, 3.05) is 18.4 Å². The third-order valence-corrected chi connectivity index (χ3v) is 4.63. The smallest absolute Gasteiger partial charge is 0.475 e. The molecule has 3 rings (SSSR count). The number of hydrogen-bond acceptors (Lipinski definition) is 4. The highest BCUT2D eigenvalue weighted by Crippen LogP contribution is 2.30. The van der Waals surface area contributed by atoms with Gasteiger partial charge in [-0.05, 0) is 52.9 Å². The lowest BCUT2D eigenvalue weighted by Crippen LogP contribution is -2.57. The van der Waals surface area contributed by atoms with Gasteiger partial charge in [-0.15, -0.1) is 0 Å². The van der Waals surface area contributed by atoms with Gasteiger partial charge in [-0.2, -0.15) is 13.2 Å². The molecular formula is C18H14F6IN3O3. The molecule has 0 aromatic heterocycles. The number of alkyl halides is 3. The molecule has 0 spiro atoms. The molecule has 168 valence electrons. The summed E-state index contributed by atoms with van der Waals surface area (Å²) in [6.07, 6.45) is -5.08. The molecule has 1 fully saturated rings. The first-order valence-corrected chi connectivity index (χ1v) is 9.44. The highest BCUT2D eigenvalue weighted by Gasteiger charge is 2.38. The fourth-order valence-corrected chi connectivity index (χ4v) is 2.88. The van der Waals surface area contributed by atoms with Crippen LogP contribution in [-0.4, -0.2) is 47.2 Å². The van der Waals surface area contributed by atoms with Crippen LogP contribution in [-0.2, 0) is 4.79 Å². The predicted octanol–water partition coefficient (Wildman–Crippen LogP) is 3.87. The number of hydrogen-bond donors (Lipinski definition) is 3. The first-order valence-electron chi connectivity index (χ1n) is 8.36. The summed E-state index contributed by atoms with van der Waals surface area (Å²) < 4.78 is 74.2. The van der Waals surface area contributed by atoms with Gasteiger partial charge in [0.25, 0.3) is 5.91 Å². The zero-order chi connectivity index (χ0) is 23.5. The van der Waals surface area contributed by atoms with Crippen molar-refractivity contribution in [2.24, 2.45) is 5.73 Å². The summed E-state index contributed by atoms with van der Waals surface area (Å²) in [5.74, 6) is -6.23. The van der Waals surface area contributed by atoms with Gasteiger partial charge in [-0.25, -0.2) is 18.0 Å². The summed E-state index contributed by atoms with van der Waals surface area (Å²) >= 11 is 1.93. The second kappa shape index (κ2) is 9.72. The Morgan fingerprint density at radius 2 is 1.68 bits per heavy atom. The molecule has 0 radical (unpaired) electrons. The molecule has 0 aliphatic carbocycles. The van der Waals surface area contributed by atoms with Crippen molar-refractivity contribution in [2.45, 2.75) is 12.2 Å². The molecule has 0 unspecified atom stereocenters. The first-order chi connectivity index (χ1) is 14.3. The van der Waals surface area contributed by atoms with E-state index in [1.807, 2.05) is 22.6 Å². The van der Waals surface area contributed by atoms with Crippen molar-refractivity contribution in [3.8, 4) is 0 Å². The second-order valence-corrected chi connectivity index (χ2v) is 7.55. The van der Waals surface area contributed by atoms with E-state index in [9.17, 15) is 31.1 Å². The largest absolute Gasteiger partial charge is 0.490 e. The van der Waals surface area contributed by atoms with E-state index in [0.717, 1.165) is 6.07 Å². The van der Waals surface area contributed by atoms with E-state index in [2.05, 4.69) is 5.32 Å². The van der Waals surface area contributed by atoms with Crippen LogP contribution in [0.5, 0.6) is 0 Å². The van der Waals surface area contributed by atoms with Crippen LogP contribution >= 0.6 is 22.6 Å². The Morgan fingerprint density at radius 3 is 2.16 bits per heavy atom. The first kappa shape index (κ1) is 24.7. The molecule has 1 saturated heterocycles. The maximum Gasteiger partial charge on any atom is 0.490 e. The molecule has 13 heteroatoms. The molecule has 6 nitrogen and oxygen atoms in total. The number of benzene rings is 2. The number of aliphatic carboxylic acids is 1. The van der Waals surface area contributed by atoms with Gasteiger partial charge in [0.15, 0.2) is 11.6 Å². The van der Waals surface area contributed by atoms with Gasteiger partial charge in [0.1, 0.15) is 5.82 Å². The number of nitrogens with one attached hydrogen (secondary N) is 1. The van der Waals surface area contributed by atoms with E-state index in [1.165, 1.54) is 23.1 Å². The average Bonchev–Trinajstić information content (AvgIpc) is 2.64. The van der Waals surface area contributed by atoms with Crippen LogP contribution in [0.3, 0.4) is 0 Å². The van der Waals surface area contributed by atoms with Gasteiger partial charge in [0.2, 0.25) is 0 Å². The Hall–Kier alpha value is -2.55. The van der Waals surface area contributed by atoms with Gasteiger partial charge in [-0.1, -0.05) is 0 Å². The molecule has 0 atom stereocenters. The van der Waals surface area contributed by atoms with Crippen LogP contribution in [0.25, 0.3) is 0 Å². The van der Waals surface area contributed by atoms with E-state index in [0.29, 0.717) is 16.7 Å². The molecule has 1 aliphatic heterocycles. The Morgan fingerprint density at radius 1 is 1.10 bits per heavy atom. The van der Waals surface area contributed by atoms with Gasteiger partial charge in [0, 0.05) is 22.7 Å². The van der Waals surface area contributed by atoms with E-state index >= 15 is 0 Å². The topological polar surface area (TPSA) is 95.7 Å². The van der Waals surface area contributed by atoms with E-state index < -0.39 is 35.5 Å². The molecule has 31 heavy (non-hydrogen) atoms. The van der Waals surface area contributed by atoms with Gasteiger partial charge in [0.05, 0.1) is 16.9 Å². The van der Waals surface area contributed by atoms with E-state index in [1.54, 1.807) is 6.07 Å². The van der Waals surface area contributed by atoms with Gasteiger partial charge in [-0.3, -0.25) is 4.79 Å². The number of anilines is 2. The van der Waals surface area contributed by atoms with Crippen molar-refractivity contribution in [1.29, 1.82) is 0 Å². The normalized spacial score (nSPS) is 13.7. The molecule has 1 amide bonds. The van der Waals surface area contributed by atoms with Crippen LogP contribution in [0.1, 0.15) is 10.4 Å². The van der Waals surface area contributed by atoms with Gasteiger partial charge < -0.3 is 21.1 Å². The van der Waals surface area contributed by atoms with Crippen LogP contribution < -0.4 is 11.1 Å². The molecule has 0 saturated carbocycles. The van der Waals surface area contributed by atoms with E-state index in [4.69, 9.17) is 15.6 Å². The molecule has 1 aliphatic rings. The molecule has 0 bridgehead atoms. The lowest BCUT2D eigenvalue weighted by molar-refractivity contribution is -0.192. The number of amides is 1. The number of carboxylic acids is 1. The Kier molecular flexibility index (Phi) is 7.75. The highest BCUT2D eigenvalue weighted by atomic mass is 127. The lowest BCUT2D eigenvalue weighted by Gasteiger charge is -2.37. The molecule has 2 aromatic carbocycles.